The molecule has 5 heteroatoms. The van der Waals surface area contributed by atoms with Gasteiger partial charge < -0.3 is 20.1 Å². The number of likely N-dealkylation sites (N-methyl/N-ethyl adjacent to an activating group) is 1. The molecule has 1 aromatic rings. The molecule has 0 spiro atoms. The first-order valence-corrected chi connectivity index (χ1v) is 7.27. The number of ether oxygens (including phenoxy) is 1. The summed E-state index contributed by atoms with van der Waals surface area (Å²) in [7, 11) is 3.80. The number of nitrogens with one attached hydrogen (secondary N) is 1. The highest BCUT2D eigenvalue weighted by atomic mass is 16.5. The van der Waals surface area contributed by atoms with Crippen LogP contribution in [0.15, 0.2) is 18.2 Å². The normalized spacial score (nSPS) is 17.2. The minimum atomic E-state index is -0.733. The highest BCUT2D eigenvalue weighted by molar-refractivity contribution is 5.60. The molecule has 2 rings (SSSR count). The number of anilines is 1. The molecule has 21 heavy (non-hydrogen) atoms. The van der Waals surface area contributed by atoms with E-state index in [1.165, 1.54) is 0 Å². The van der Waals surface area contributed by atoms with Gasteiger partial charge in [0.05, 0.1) is 16.9 Å². The van der Waals surface area contributed by atoms with Crippen LogP contribution in [0.2, 0.25) is 0 Å². The van der Waals surface area contributed by atoms with Gasteiger partial charge in [0.15, 0.2) is 0 Å². The fourth-order valence-corrected chi connectivity index (χ4v) is 2.76. The Morgan fingerprint density at radius 2 is 2.14 bits per heavy atom. The lowest BCUT2D eigenvalue weighted by atomic mass is 9.93. The number of nitrogens with zero attached hydrogens (tertiary/aromatic N) is 2. The smallest absolute Gasteiger partial charge is 0.101 e. The molecule has 2 N–H and O–H groups in total. The Bertz CT molecular complexity index is 519. The van der Waals surface area contributed by atoms with Gasteiger partial charge in [0.2, 0.25) is 0 Å². The monoisotopic (exact) mass is 289 g/mol. The van der Waals surface area contributed by atoms with Crippen molar-refractivity contribution in [3.63, 3.8) is 0 Å². The average Bonchev–Trinajstić information content (AvgIpc) is 2.47. The molecule has 5 nitrogen and oxygen atoms in total. The van der Waals surface area contributed by atoms with Gasteiger partial charge in [-0.15, -0.1) is 0 Å². The van der Waals surface area contributed by atoms with Crippen LogP contribution < -0.4 is 10.2 Å². The summed E-state index contributed by atoms with van der Waals surface area (Å²) in [5.74, 6) is 0. The van der Waals surface area contributed by atoms with E-state index in [0.717, 1.165) is 17.8 Å². The molecule has 0 saturated carbocycles. The quantitative estimate of drug-likeness (QED) is 0.854. The van der Waals surface area contributed by atoms with Crippen molar-refractivity contribution < 1.29 is 9.84 Å². The van der Waals surface area contributed by atoms with Crippen molar-refractivity contribution in [1.82, 2.24) is 5.32 Å². The van der Waals surface area contributed by atoms with Crippen molar-refractivity contribution >= 4 is 5.69 Å². The second-order valence-electron chi connectivity index (χ2n) is 5.69. The number of aliphatic hydroxyl groups is 1. The molecule has 1 aromatic carbocycles. The lowest BCUT2D eigenvalue weighted by Crippen LogP contribution is -2.45. The minimum absolute atomic E-state index is 0.510. The SMILES string of the molecule is CNCc1ccc(N(C)CC2(O)CCOCC2)c(C#N)c1. The largest absolute Gasteiger partial charge is 0.388 e. The minimum Gasteiger partial charge on any atom is -0.388 e. The zero-order chi connectivity index (χ0) is 15.3. The fraction of sp³-hybridized carbons (Fsp3) is 0.562. The molecule has 1 heterocycles. The Balaban J connectivity index is 2.14. The van der Waals surface area contributed by atoms with Gasteiger partial charge >= 0.3 is 0 Å². The topological polar surface area (TPSA) is 68.5 Å². The second kappa shape index (κ2) is 6.90. The lowest BCUT2D eigenvalue weighted by Gasteiger charge is -2.36. The van der Waals surface area contributed by atoms with E-state index in [2.05, 4.69) is 11.4 Å². The zero-order valence-corrected chi connectivity index (χ0v) is 12.7. The number of hydrogen-bond acceptors (Lipinski definition) is 5. The molecule has 0 aromatic heterocycles. The van der Waals surface area contributed by atoms with Crippen molar-refractivity contribution in [2.24, 2.45) is 0 Å². The van der Waals surface area contributed by atoms with Crippen LogP contribution >= 0.6 is 0 Å². The highest BCUT2D eigenvalue weighted by Crippen LogP contribution is 2.26. The molecule has 0 unspecified atom stereocenters. The van der Waals surface area contributed by atoms with E-state index in [0.29, 0.717) is 38.2 Å². The maximum Gasteiger partial charge on any atom is 0.101 e. The van der Waals surface area contributed by atoms with Crippen LogP contribution in [0.1, 0.15) is 24.0 Å². The number of nitriles is 1. The Hall–Kier alpha value is -1.61. The van der Waals surface area contributed by atoms with Crippen LogP contribution in [0.4, 0.5) is 5.69 Å². The van der Waals surface area contributed by atoms with E-state index in [-0.39, 0.29) is 0 Å². The summed E-state index contributed by atoms with van der Waals surface area (Å²) in [4.78, 5) is 1.97. The molecular formula is C16H23N3O2. The summed E-state index contributed by atoms with van der Waals surface area (Å²) < 4.78 is 5.30. The van der Waals surface area contributed by atoms with Crippen molar-refractivity contribution in [3.8, 4) is 6.07 Å². The highest BCUT2D eigenvalue weighted by Gasteiger charge is 2.31. The van der Waals surface area contributed by atoms with Crippen LogP contribution in [-0.4, -0.2) is 44.6 Å². The number of hydrogen-bond donors (Lipinski definition) is 2. The van der Waals surface area contributed by atoms with Crippen LogP contribution in [0.5, 0.6) is 0 Å². The Labute approximate surface area is 126 Å². The third-order valence-electron chi connectivity index (χ3n) is 3.93. The third kappa shape index (κ3) is 3.94. The molecule has 1 fully saturated rings. The van der Waals surface area contributed by atoms with Gasteiger partial charge in [-0.05, 0) is 24.7 Å². The number of benzene rings is 1. The predicted octanol–water partition coefficient (Wildman–Crippen LogP) is 1.26. The van der Waals surface area contributed by atoms with E-state index in [1.54, 1.807) is 0 Å². The van der Waals surface area contributed by atoms with Crippen LogP contribution in [0, 0.1) is 11.3 Å². The molecule has 0 aliphatic carbocycles. The van der Waals surface area contributed by atoms with Gasteiger partial charge in [0, 0.05) is 46.2 Å². The van der Waals surface area contributed by atoms with E-state index < -0.39 is 5.60 Å². The summed E-state index contributed by atoms with van der Waals surface area (Å²) in [6, 6.07) is 8.11. The molecule has 0 amide bonds. The molecule has 0 bridgehead atoms. The fourth-order valence-electron chi connectivity index (χ4n) is 2.76. The standard InChI is InChI=1S/C16H23N3O2/c1-18-11-13-3-4-15(14(9-13)10-17)19(2)12-16(20)5-7-21-8-6-16/h3-4,9,18,20H,5-8,11-12H2,1-2H3. The molecule has 114 valence electrons. The first-order valence-electron chi connectivity index (χ1n) is 7.27. The third-order valence-corrected chi connectivity index (χ3v) is 3.93. The maximum absolute atomic E-state index is 10.6. The molecule has 1 aliphatic rings. The van der Waals surface area contributed by atoms with E-state index in [4.69, 9.17) is 4.74 Å². The Morgan fingerprint density at radius 3 is 2.76 bits per heavy atom. The van der Waals surface area contributed by atoms with Crippen LogP contribution in [0.3, 0.4) is 0 Å². The van der Waals surface area contributed by atoms with E-state index >= 15 is 0 Å². The van der Waals surface area contributed by atoms with Crippen molar-refractivity contribution in [1.29, 1.82) is 5.26 Å². The van der Waals surface area contributed by atoms with E-state index in [9.17, 15) is 10.4 Å². The van der Waals surface area contributed by atoms with Crippen molar-refractivity contribution in [3.05, 3.63) is 29.3 Å². The van der Waals surface area contributed by atoms with Gasteiger partial charge in [-0.1, -0.05) is 6.07 Å². The number of rotatable bonds is 5. The van der Waals surface area contributed by atoms with Gasteiger partial charge in [-0.2, -0.15) is 5.26 Å². The van der Waals surface area contributed by atoms with Crippen LogP contribution in [0.25, 0.3) is 0 Å². The second-order valence-corrected chi connectivity index (χ2v) is 5.69. The lowest BCUT2D eigenvalue weighted by molar-refractivity contribution is -0.0572. The van der Waals surface area contributed by atoms with Gasteiger partial charge in [-0.3, -0.25) is 0 Å². The summed E-state index contributed by atoms with van der Waals surface area (Å²) in [5.41, 5.74) is 1.85. The van der Waals surface area contributed by atoms with Gasteiger partial charge in [0.25, 0.3) is 0 Å². The first kappa shape index (κ1) is 15.8. The predicted molar refractivity (Wildman–Crippen MR) is 82.2 cm³/mol. The first-order chi connectivity index (χ1) is 10.1. The summed E-state index contributed by atoms with van der Waals surface area (Å²) in [5, 5.41) is 23.0. The van der Waals surface area contributed by atoms with Crippen LogP contribution in [-0.2, 0) is 11.3 Å². The Morgan fingerprint density at radius 1 is 1.43 bits per heavy atom. The molecular weight excluding hydrogens is 266 g/mol. The molecule has 1 aliphatic heterocycles. The summed E-state index contributed by atoms with van der Waals surface area (Å²) in [6.07, 6.45) is 1.27. The summed E-state index contributed by atoms with van der Waals surface area (Å²) >= 11 is 0. The van der Waals surface area contributed by atoms with Gasteiger partial charge in [-0.25, -0.2) is 0 Å². The average molecular weight is 289 g/mol. The molecule has 0 atom stereocenters. The maximum atomic E-state index is 10.6. The zero-order valence-electron chi connectivity index (χ0n) is 12.7. The van der Waals surface area contributed by atoms with Crippen molar-refractivity contribution in [2.45, 2.75) is 25.0 Å². The molecule has 0 radical (unpaired) electrons. The van der Waals surface area contributed by atoms with Gasteiger partial charge in [0.1, 0.15) is 6.07 Å². The molecule has 1 saturated heterocycles. The Kier molecular flexibility index (Phi) is 5.18. The van der Waals surface area contributed by atoms with Crippen molar-refractivity contribution in [2.75, 3.05) is 38.8 Å². The summed E-state index contributed by atoms with van der Waals surface area (Å²) in [6.45, 7) is 2.43. The van der Waals surface area contributed by atoms with E-state index in [1.807, 2.05) is 37.2 Å².